The Morgan fingerprint density at radius 1 is 1.10 bits per heavy atom. The number of hydrogen-bond acceptors (Lipinski definition) is 6. The number of ether oxygens (including phenoxy) is 1. The average Bonchev–Trinajstić information content (AvgIpc) is 2.70. The Morgan fingerprint density at radius 3 is 2.17 bits per heavy atom. The van der Waals surface area contributed by atoms with Crippen LogP contribution in [0.2, 0.25) is 0 Å². The highest BCUT2D eigenvalue weighted by Crippen LogP contribution is 2.14. The van der Waals surface area contributed by atoms with E-state index in [9.17, 15) is 24.6 Å². The van der Waals surface area contributed by atoms with E-state index < -0.39 is 41.2 Å². The second kappa shape index (κ2) is 11.7. The molecule has 0 aliphatic rings. The summed E-state index contributed by atoms with van der Waals surface area (Å²) in [5, 5.41) is 23.3. The van der Waals surface area contributed by atoms with Crippen LogP contribution in [-0.2, 0) is 25.5 Å². The standard InChI is InChI=1S/C20H30N2O6S/c1-5-11(2)16(22-19(25)17(29)12(3)28-4)18(24)21-15(20(26)27)10-13-6-8-14(23)9-7-13/h6-9,11-12,15-17,23,29H,5,10H2,1-4H3,(H,21,24)(H,22,25)(H,26,27)/t11-,12?,15-,16-,17?/m0/s1. The molecule has 9 heteroatoms. The Labute approximate surface area is 176 Å². The molecule has 0 aliphatic heterocycles. The highest BCUT2D eigenvalue weighted by Gasteiger charge is 2.32. The van der Waals surface area contributed by atoms with Crippen molar-refractivity contribution in [2.24, 2.45) is 5.92 Å². The van der Waals surface area contributed by atoms with E-state index in [1.54, 1.807) is 26.0 Å². The van der Waals surface area contributed by atoms with Crippen molar-refractivity contribution in [2.45, 2.75) is 57.1 Å². The zero-order chi connectivity index (χ0) is 22.1. The van der Waals surface area contributed by atoms with Gasteiger partial charge in [0.2, 0.25) is 11.8 Å². The molecule has 29 heavy (non-hydrogen) atoms. The minimum Gasteiger partial charge on any atom is -0.508 e. The van der Waals surface area contributed by atoms with Gasteiger partial charge in [-0.1, -0.05) is 32.4 Å². The third-order valence-electron chi connectivity index (χ3n) is 4.87. The number of amides is 2. The number of carboxylic acids is 1. The van der Waals surface area contributed by atoms with Gasteiger partial charge in [0.1, 0.15) is 23.1 Å². The highest BCUT2D eigenvalue weighted by atomic mass is 32.1. The molecule has 0 aliphatic carbocycles. The number of carbonyl (C=O) groups excluding carboxylic acids is 2. The molecule has 0 aromatic heterocycles. The summed E-state index contributed by atoms with van der Waals surface area (Å²) in [7, 11) is 1.46. The molecule has 5 atom stereocenters. The number of aliphatic carboxylic acids is 1. The lowest BCUT2D eigenvalue weighted by Crippen LogP contribution is -2.56. The molecule has 0 heterocycles. The summed E-state index contributed by atoms with van der Waals surface area (Å²) in [5.41, 5.74) is 0.643. The van der Waals surface area contributed by atoms with Crippen LogP contribution >= 0.6 is 12.6 Å². The van der Waals surface area contributed by atoms with Gasteiger partial charge in [0.25, 0.3) is 0 Å². The third kappa shape index (κ3) is 7.58. The van der Waals surface area contributed by atoms with Crippen molar-refractivity contribution in [1.82, 2.24) is 10.6 Å². The molecule has 0 spiro atoms. The number of carbonyl (C=O) groups is 3. The van der Waals surface area contributed by atoms with Gasteiger partial charge in [0, 0.05) is 13.5 Å². The number of methoxy groups -OCH3 is 1. The first-order chi connectivity index (χ1) is 13.6. The normalized spacial score (nSPS) is 16.2. The number of phenolic OH excluding ortho intramolecular Hbond substituents is 1. The van der Waals surface area contributed by atoms with E-state index in [2.05, 4.69) is 23.3 Å². The highest BCUT2D eigenvalue weighted by molar-refractivity contribution is 7.81. The van der Waals surface area contributed by atoms with Gasteiger partial charge < -0.3 is 25.6 Å². The molecule has 1 aromatic carbocycles. The second-order valence-electron chi connectivity index (χ2n) is 7.03. The van der Waals surface area contributed by atoms with Crippen LogP contribution in [0.1, 0.15) is 32.8 Å². The second-order valence-corrected chi connectivity index (χ2v) is 7.58. The van der Waals surface area contributed by atoms with Gasteiger partial charge in [0.05, 0.1) is 6.10 Å². The SMILES string of the molecule is CC[C@H](C)[C@H](NC(=O)C(S)C(C)OC)C(=O)N[C@@H](Cc1ccc(O)cc1)C(=O)O. The Morgan fingerprint density at radius 2 is 1.69 bits per heavy atom. The molecule has 0 bridgehead atoms. The largest absolute Gasteiger partial charge is 0.508 e. The number of rotatable bonds is 11. The van der Waals surface area contributed by atoms with Gasteiger partial charge in [-0.25, -0.2) is 4.79 Å². The maximum absolute atomic E-state index is 12.8. The molecule has 1 aromatic rings. The van der Waals surface area contributed by atoms with Gasteiger partial charge in [-0.05, 0) is 30.5 Å². The topological polar surface area (TPSA) is 125 Å². The van der Waals surface area contributed by atoms with Crippen molar-refractivity contribution < 1.29 is 29.3 Å². The van der Waals surface area contributed by atoms with Crippen molar-refractivity contribution >= 4 is 30.4 Å². The summed E-state index contributed by atoms with van der Waals surface area (Å²) in [4.78, 5) is 36.9. The molecule has 0 saturated carbocycles. The maximum atomic E-state index is 12.8. The summed E-state index contributed by atoms with van der Waals surface area (Å²) in [6, 6.07) is 3.98. The number of nitrogens with one attached hydrogen (secondary N) is 2. The van der Waals surface area contributed by atoms with Crippen molar-refractivity contribution in [3.63, 3.8) is 0 Å². The summed E-state index contributed by atoms with van der Waals surface area (Å²) in [6.45, 7) is 5.36. The Kier molecular flexibility index (Phi) is 9.97. The molecule has 0 fully saturated rings. The van der Waals surface area contributed by atoms with E-state index in [-0.39, 0.29) is 18.1 Å². The lowest BCUT2D eigenvalue weighted by molar-refractivity contribution is -0.142. The number of carboxylic acid groups (broad SMARTS) is 1. The fourth-order valence-corrected chi connectivity index (χ4v) is 2.81. The van der Waals surface area contributed by atoms with Crippen molar-refractivity contribution in [1.29, 1.82) is 0 Å². The zero-order valence-corrected chi connectivity index (χ0v) is 18.0. The van der Waals surface area contributed by atoms with Crippen LogP contribution in [0.4, 0.5) is 0 Å². The average molecular weight is 427 g/mol. The predicted octanol–water partition coefficient (Wildman–Crippen LogP) is 1.37. The Bertz CT molecular complexity index is 697. The third-order valence-corrected chi connectivity index (χ3v) is 5.52. The van der Waals surface area contributed by atoms with Crippen molar-refractivity contribution in [3.8, 4) is 5.75 Å². The summed E-state index contributed by atoms with van der Waals surface area (Å²) < 4.78 is 5.10. The van der Waals surface area contributed by atoms with Gasteiger partial charge in [-0.15, -0.1) is 0 Å². The molecule has 1 rings (SSSR count). The molecule has 0 saturated heterocycles. The zero-order valence-electron chi connectivity index (χ0n) is 17.1. The summed E-state index contributed by atoms with van der Waals surface area (Å²) >= 11 is 4.23. The molecule has 2 amide bonds. The van der Waals surface area contributed by atoms with E-state index in [1.807, 2.05) is 6.92 Å². The fourth-order valence-electron chi connectivity index (χ4n) is 2.61. The van der Waals surface area contributed by atoms with Crippen LogP contribution in [0, 0.1) is 5.92 Å². The van der Waals surface area contributed by atoms with E-state index in [1.165, 1.54) is 19.2 Å². The van der Waals surface area contributed by atoms with Crippen LogP contribution in [0.15, 0.2) is 24.3 Å². The lowest BCUT2D eigenvalue weighted by Gasteiger charge is -2.27. The minimum absolute atomic E-state index is 0.0401. The first-order valence-electron chi connectivity index (χ1n) is 9.43. The van der Waals surface area contributed by atoms with Crippen LogP contribution < -0.4 is 10.6 Å². The van der Waals surface area contributed by atoms with E-state index >= 15 is 0 Å². The molecule has 0 radical (unpaired) electrons. The lowest BCUT2D eigenvalue weighted by atomic mass is 9.97. The van der Waals surface area contributed by atoms with Crippen LogP contribution in [0.25, 0.3) is 0 Å². The van der Waals surface area contributed by atoms with Crippen LogP contribution in [-0.4, -0.2) is 58.5 Å². The molecule has 4 N–H and O–H groups in total. The molecule has 8 nitrogen and oxygen atoms in total. The Hall–Kier alpha value is -2.26. The van der Waals surface area contributed by atoms with Gasteiger partial charge in [-0.2, -0.15) is 12.6 Å². The van der Waals surface area contributed by atoms with Gasteiger partial charge in [0.15, 0.2) is 0 Å². The number of hydrogen-bond donors (Lipinski definition) is 5. The molecular weight excluding hydrogens is 396 g/mol. The quantitative estimate of drug-likeness (QED) is 0.340. The van der Waals surface area contributed by atoms with Gasteiger partial charge >= 0.3 is 5.97 Å². The van der Waals surface area contributed by atoms with E-state index in [4.69, 9.17) is 4.74 Å². The first-order valence-corrected chi connectivity index (χ1v) is 9.94. The number of thiol groups is 1. The summed E-state index contributed by atoms with van der Waals surface area (Å²) in [5.74, 6) is -2.39. The number of phenols is 1. The Balaban J connectivity index is 2.91. The molecular formula is C20H30N2O6S. The van der Waals surface area contributed by atoms with Crippen molar-refractivity contribution in [3.05, 3.63) is 29.8 Å². The maximum Gasteiger partial charge on any atom is 0.326 e. The van der Waals surface area contributed by atoms with Gasteiger partial charge in [-0.3, -0.25) is 9.59 Å². The fraction of sp³-hybridized carbons (Fsp3) is 0.550. The molecule has 2 unspecified atom stereocenters. The van der Waals surface area contributed by atoms with Crippen LogP contribution in [0.5, 0.6) is 5.75 Å². The smallest absolute Gasteiger partial charge is 0.326 e. The van der Waals surface area contributed by atoms with E-state index in [0.717, 1.165) is 0 Å². The summed E-state index contributed by atoms with van der Waals surface area (Å²) in [6.07, 6.45) is 0.184. The van der Waals surface area contributed by atoms with Crippen LogP contribution in [0.3, 0.4) is 0 Å². The minimum atomic E-state index is -1.19. The predicted molar refractivity (Wildman–Crippen MR) is 112 cm³/mol. The monoisotopic (exact) mass is 426 g/mol. The van der Waals surface area contributed by atoms with Crippen molar-refractivity contribution in [2.75, 3.05) is 7.11 Å². The number of benzene rings is 1. The van der Waals surface area contributed by atoms with E-state index in [0.29, 0.717) is 12.0 Å². The first kappa shape index (κ1) is 24.8. The molecule has 162 valence electrons. The number of aromatic hydroxyl groups is 1.